The molecule has 9 heteroatoms. The molecular weight excluding hydrogens is 431 g/mol. The maximum Gasteiger partial charge on any atom is 0.241 e. The zero-order chi connectivity index (χ0) is 21.7. The van der Waals surface area contributed by atoms with E-state index in [9.17, 15) is 17.6 Å². The highest BCUT2D eigenvalue weighted by Crippen LogP contribution is 2.23. The van der Waals surface area contributed by atoms with Crippen LogP contribution in [0.2, 0.25) is 5.02 Å². The molecule has 1 amide bonds. The molecule has 0 radical (unpaired) electrons. The van der Waals surface area contributed by atoms with Crippen LogP contribution in [0.1, 0.15) is 6.92 Å². The second-order valence-corrected chi connectivity index (χ2v) is 9.76. The van der Waals surface area contributed by atoms with E-state index in [0.29, 0.717) is 50.1 Å². The second kappa shape index (κ2) is 9.76. The van der Waals surface area contributed by atoms with Gasteiger partial charge in [-0.05, 0) is 43.3 Å². The van der Waals surface area contributed by atoms with Crippen LogP contribution in [0.15, 0.2) is 53.4 Å². The summed E-state index contributed by atoms with van der Waals surface area (Å²) in [6.07, 6.45) is 0. The molecule has 0 aromatic heterocycles. The maximum atomic E-state index is 13.1. The minimum atomic E-state index is -3.87. The van der Waals surface area contributed by atoms with E-state index in [1.54, 1.807) is 11.0 Å². The molecule has 30 heavy (non-hydrogen) atoms. The van der Waals surface area contributed by atoms with Crippen LogP contribution in [0.4, 0.5) is 4.39 Å². The third-order valence-electron chi connectivity index (χ3n) is 5.14. The van der Waals surface area contributed by atoms with Gasteiger partial charge in [0.05, 0.1) is 9.92 Å². The summed E-state index contributed by atoms with van der Waals surface area (Å²) in [5, 5.41) is -0.665. The molecule has 162 valence electrons. The van der Waals surface area contributed by atoms with Crippen LogP contribution in [0, 0.1) is 5.82 Å². The number of sulfone groups is 1. The standard InChI is InChI=1S/C21H24ClFN2O4S/c1-16(30(27,28)18-8-6-17(23)7-9-18)21(26)25-12-10-24(11-13-25)14-15-29-20-5-3-2-4-19(20)22/h2-9,16H,10-15H2,1H3. The fraction of sp³-hybridized carbons (Fsp3) is 0.381. The Bertz CT molecular complexity index is 977. The van der Waals surface area contributed by atoms with Crippen molar-refractivity contribution in [2.24, 2.45) is 0 Å². The van der Waals surface area contributed by atoms with Crippen molar-refractivity contribution >= 4 is 27.3 Å². The van der Waals surface area contributed by atoms with Gasteiger partial charge in [-0.2, -0.15) is 0 Å². The summed E-state index contributed by atoms with van der Waals surface area (Å²) in [6.45, 7) is 4.65. The van der Waals surface area contributed by atoms with Crippen LogP contribution in [0.25, 0.3) is 0 Å². The van der Waals surface area contributed by atoms with Crippen molar-refractivity contribution < 1.29 is 22.3 Å². The molecule has 1 heterocycles. The Morgan fingerprint density at radius 1 is 1.10 bits per heavy atom. The summed E-state index contributed by atoms with van der Waals surface area (Å²) in [5.74, 6) is -0.332. The summed E-state index contributed by atoms with van der Waals surface area (Å²) < 4.78 is 44.1. The molecule has 2 aromatic carbocycles. The van der Waals surface area contributed by atoms with Crippen LogP contribution >= 0.6 is 11.6 Å². The quantitative estimate of drug-likeness (QED) is 0.602. The molecule has 1 unspecified atom stereocenters. The first-order chi connectivity index (χ1) is 14.3. The van der Waals surface area contributed by atoms with E-state index in [2.05, 4.69) is 4.90 Å². The third kappa shape index (κ3) is 5.30. The van der Waals surface area contributed by atoms with Gasteiger partial charge in [-0.1, -0.05) is 23.7 Å². The predicted octanol–water partition coefficient (Wildman–Crippen LogP) is 2.86. The van der Waals surface area contributed by atoms with Crippen LogP contribution in [-0.2, 0) is 14.6 Å². The Labute approximate surface area is 181 Å². The zero-order valence-corrected chi connectivity index (χ0v) is 18.2. The molecule has 0 bridgehead atoms. The van der Waals surface area contributed by atoms with Crippen molar-refractivity contribution in [3.63, 3.8) is 0 Å². The lowest BCUT2D eigenvalue weighted by Crippen LogP contribution is -2.52. The van der Waals surface area contributed by atoms with Crippen LogP contribution in [0.3, 0.4) is 0 Å². The van der Waals surface area contributed by atoms with Gasteiger partial charge in [0, 0.05) is 32.7 Å². The molecule has 1 aliphatic rings. The molecule has 3 rings (SSSR count). The highest BCUT2D eigenvalue weighted by atomic mass is 35.5. The van der Waals surface area contributed by atoms with Crippen molar-refractivity contribution in [1.29, 1.82) is 0 Å². The number of rotatable bonds is 7. The predicted molar refractivity (Wildman–Crippen MR) is 113 cm³/mol. The molecule has 1 atom stereocenters. The number of ether oxygens (including phenoxy) is 1. The molecule has 6 nitrogen and oxygen atoms in total. The number of benzene rings is 2. The highest BCUT2D eigenvalue weighted by Gasteiger charge is 2.34. The lowest BCUT2D eigenvalue weighted by Gasteiger charge is -2.35. The smallest absolute Gasteiger partial charge is 0.241 e. The van der Waals surface area contributed by atoms with Crippen molar-refractivity contribution in [3.05, 3.63) is 59.4 Å². The molecule has 1 aliphatic heterocycles. The van der Waals surface area contributed by atoms with Gasteiger partial charge in [0.2, 0.25) is 5.91 Å². The molecular formula is C21H24ClFN2O4S. The van der Waals surface area contributed by atoms with Gasteiger partial charge in [0.15, 0.2) is 9.84 Å². The fourth-order valence-corrected chi connectivity index (χ4v) is 4.79. The van der Waals surface area contributed by atoms with E-state index in [-0.39, 0.29) is 4.90 Å². The van der Waals surface area contributed by atoms with E-state index in [1.165, 1.54) is 19.1 Å². The van der Waals surface area contributed by atoms with Gasteiger partial charge in [-0.3, -0.25) is 9.69 Å². The van der Waals surface area contributed by atoms with E-state index < -0.39 is 26.8 Å². The molecule has 0 saturated carbocycles. The number of hydrogen-bond acceptors (Lipinski definition) is 5. The Balaban J connectivity index is 1.49. The first kappa shape index (κ1) is 22.5. The average molecular weight is 455 g/mol. The van der Waals surface area contributed by atoms with Crippen LogP contribution in [-0.4, -0.2) is 68.7 Å². The number of piperazine rings is 1. The number of halogens is 2. The van der Waals surface area contributed by atoms with Crippen molar-refractivity contribution in [1.82, 2.24) is 9.80 Å². The number of amides is 1. The van der Waals surface area contributed by atoms with Crippen LogP contribution < -0.4 is 4.74 Å². The lowest BCUT2D eigenvalue weighted by molar-refractivity contribution is -0.132. The van der Waals surface area contributed by atoms with Gasteiger partial charge in [-0.15, -0.1) is 0 Å². The van der Waals surface area contributed by atoms with E-state index >= 15 is 0 Å². The summed E-state index contributed by atoms with van der Waals surface area (Å²) >= 11 is 6.07. The first-order valence-corrected chi connectivity index (χ1v) is 11.6. The number of carbonyl (C=O) groups is 1. The normalized spacial score (nSPS) is 16.3. The molecule has 0 spiro atoms. The summed E-state index contributed by atoms with van der Waals surface area (Å²) in [4.78, 5) is 16.4. The van der Waals surface area contributed by atoms with Crippen molar-refractivity contribution in [3.8, 4) is 5.75 Å². The first-order valence-electron chi connectivity index (χ1n) is 9.67. The number of para-hydroxylation sites is 1. The highest BCUT2D eigenvalue weighted by molar-refractivity contribution is 7.92. The van der Waals surface area contributed by atoms with Gasteiger partial charge in [0.1, 0.15) is 23.4 Å². The number of nitrogens with zero attached hydrogens (tertiary/aromatic N) is 2. The zero-order valence-electron chi connectivity index (χ0n) is 16.6. The summed E-state index contributed by atoms with van der Waals surface area (Å²) in [7, 11) is -3.87. The van der Waals surface area contributed by atoms with Crippen LogP contribution in [0.5, 0.6) is 5.75 Å². The Hall–Kier alpha value is -2.16. The summed E-state index contributed by atoms with van der Waals surface area (Å²) in [6, 6.07) is 11.8. The Morgan fingerprint density at radius 2 is 1.73 bits per heavy atom. The molecule has 1 fully saturated rings. The van der Waals surface area contributed by atoms with E-state index in [1.807, 2.05) is 18.2 Å². The molecule has 1 saturated heterocycles. The largest absolute Gasteiger partial charge is 0.491 e. The van der Waals surface area contributed by atoms with Gasteiger partial charge in [0.25, 0.3) is 0 Å². The van der Waals surface area contributed by atoms with Gasteiger partial charge < -0.3 is 9.64 Å². The second-order valence-electron chi connectivity index (χ2n) is 7.09. The minimum absolute atomic E-state index is 0.0555. The van der Waals surface area contributed by atoms with E-state index in [0.717, 1.165) is 12.1 Å². The van der Waals surface area contributed by atoms with E-state index in [4.69, 9.17) is 16.3 Å². The molecule has 0 N–H and O–H groups in total. The Morgan fingerprint density at radius 3 is 2.37 bits per heavy atom. The Kier molecular flexibility index (Phi) is 7.33. The molecule has 0 aliphatic carbocycles. The molecule has 2 aromatic rings. The monoisotopic (exact) mass is 454 g/mol. The average Bonchev–Trinajstić information content (AvgIpc) is 2.75. The fourth-order valence-electron chi connectivity index (χ4n) is 3.26. The van der Waals surface area contributed by atoms with Crippen molar-refractivity contribution in [2.45, 2.75) is 17.1 Å². The maximum absolute atomic E-state index is 13.1. The summed E-state index contributed by atoms with van der Waals surface area (Å²) in [5.41, 5.74) is 0. The van der Waals surface area contributed by atoms with Gasteiger partial charge >= 0.3 is 0 Å². The SMILES string of the molecule is CC(C(=O)N1CCN(CCOc2ccccc2Cl)CC1)S(=O)(=O)c1ccc(F)cc1. The third-order valence-corrected chi connectivity index (χ3v) is 7.52. The number of hydrogen-bond donors (Lipinski definition) is 0. The topological polar surface area (TPSA) is 66.9 Å². The van der Waals surface area contributed by atoms with Gasteiger partial charge in [-0.25, -0.2) is 12.8 Å². The lowest BCUT2D eigenvalue weighted by atomic mass is 10.3. The minimum Gasteiger partial charge on any atom is -0.491 e. The van der Waals surface area contributed by atoms with Crippen molar-refractivity contribution in [2.75, 3.05) is 39.3 Å². The number of carbonyl (C=O) groups excluding carboxylic acids is 1.